The number of hydrogen-bond acceptors (Lipinski definition) is 10. The van der Waals surface area contributed by atoms with Gasteiger partial charge in [0.2, 0.25) is 11.8 Å². The first-order chi connectivity index (χ1) is 22.1. The van der Waals surface area contributed by atoms with Gasteiger partial charge in [-0.05, 0) is 64.2 Å². The van der Waals surface area contributed by atoms with Gasteiger partial charge in [0.1, 0.15) is 12.1 Å². The maximum absolute atomic E-state index is 13.0. The van der Waals surface area contributed by atoms with Crippen LogP contribution in [0.5, 0.6) is 0 Å². The Morgan fingerprint density at radius 1 is 0.938 bits per heavy atom. The molecule has 0 saturated carbocycles. The number of hydrogen-bond donors (Lipinski definition) is 8. The van der Waals surface area contributed by atoms with Crippen molar-refractivity contribution in [2.75, 3.05) is 49.4 Å². The summed E-state index contributed by atoms with van der Waals surface area (Å²) in [5, 5.41) is 11.0. The summed E-state index contributed by atoms with van der Waals surface area (Å²) in [4.78, 5) is 90.3. The van der Waals surface area contributed by atoms with Crippen LogP contribution in [0.4, 0.5) is 10.5 Å². The largest absolute Gasteiger partial charge is 0.443 e. The number of nitrogens with one attached hydrogen (secondary N) is 2. The van der Waals surface area contributed by atoms with Crippen LogP contribution in [0.15, 0.2) is 24.3 Å². The van der Waals surface area contributed by atoms with Crippen LogP contribution in [0.25, 0.3) is 0 Å². The van der Waals surface area contributed by atoms with E-state index in [0.717, 1.165) is 11.3 Å². The van der Waals surface area contributed by atoms with Crippen molar-refractivity contribution < 1.29 is 57.7 Å². The number of unbranched alkanes of at least 4 members (excludes halogenated alkanes) is 1. The molecule has 4 amide bonds. The van der Waals surface area contributed by atoms with Gasteiger partial charge in [-0.1, -0.05) is 12.1 Å². The summed E-state index contributed by atoms with van der Waals surface area (Å²) in [5.41, 5.74) is 6.62. The lowest BCUT2D eigenvalue weighted by Crippen LogP contribution is -2.51. The number of aliphatic hydroxyl groups is 1. The van der Waals surface area contributed by atoms with Gasteiger partial charge < -0.3 is 50.7 Å². The molecule has 48 heavy (non-hydrogen) atoms. The Hall–Kier alpha value is -2.30. The van der Waals surface area contributed by atoms with Crippen molar-refractivity contribution in [3.05, 3.63) is 29.8 Å². The topological polar surface area (TPSA) is 269 Å². The van der Waals surface area contributed by atoms with Gasteiger partial charge in [-0.15, -0.1) is 23.2 Å². The molecule has 0 spiro atoms. The first-order valence-electron chi connectivity index (χ1n) is 14.7. The number of alkyl halides is 2. The molecule has 0 aromatic heterocycles. The Labute approximate surface area is 288 Å². The number of benzene rings is 1. The molecule has 1 aromatic rings. The summed E-state index contributed by atoms with van der Waals surface area (Å²) < 4.78 is 28.1. The zero-order chi connectivity index (χ0) is 36.9. The lowest BCUT2D eigenvalue weighted by molar-refractivity contribution is -0.136. The normalized spacial score (nSPS) is 13.0. The molecule has 0 unspecified atom stereocenters. The summed E-state index contributed by atoms with van der Waals surface area (Å²) >= 11 is 11.7. The number of imide groups is 1. The van der Waals surface area contributed by atoms with Crippen LogP contribution in [-0.4, -0.2) is 115 Å². The number of anilines is 1. The lowest BCUT2D eigenvalue weighted by Gasteiger charge is -2.29. The Morgan fingerprint density at radius 2 is 1.48 bits per heavy atom. The van der Waals surface area contributed by atoms with Crippen LogP contribution in [0.2, 0.25) is 0 Å². The molecule has 17 nitrogen and oxygen atoms in total. The second-order valence-electron chi connectivity index (χ2n) is 11.7. The molecule has 21 heteroatoms. The van der Waals surface area contributed by atoms with Gasteiger partial charge in [0.25, 0.3) is 11.0 Å². The van der Waals surface area contributed by atoms with Crippen molar-refractivity contribution >= 4 is 67.9 Å². The molecular weight excluding hydrogens is 719 g/mol. The van der Waals surface area contributed by atoms with E-state index in [-0.39, 0.29) is 25.8 Å². The minimum atomic E-state index is -5.62. The van der Waals surface area contributed by atoms with Crippen molar-refractivity contribution in [2.24, 2.45) is 5.73 Å². The molecule has 0 saturated heterocycles. The Kier molecular flexibility index (Phi) is 17.5. The van der Waals surface area contributed by atoms with Crippen LogP contribution in [0.3, 0.4) is 0 Å². The molecule has 0 heterocycles. The maximum Gasteiger partial charge on any atom is 0.417 e. The van der Waals surface area contributed by atoms with Gasteiger partial charge >= 0.3 is 21.3 Å². The SMILES string of the molecule is CC(C)(C)OC(=O)N(CC(=O)NCCCCC(O)(P(=O)(O)O)P(=O)(O)O)C(=O)CNC(=O)[C@@H](N)Cc1ccc(N(CCCl)CCCl)cc1. The minimum absolute atomic E-state index is 0.0931. The maximum atomic E-state index is 13.0. The van der Waals surface area contributed by atoms with E-state index in [1.807, 2.05) is 17.0 Å². The molecule has 0 bridgehead atoms. The summed E-state index contributed by atoms with van der Waals surface area (Å²) in [6, 6.07) is 6.22. The van der Waals surface area contributed by atoms with Gasteiger partial charge in [-0.2, -0.15) is 0 Å². The van der Waals surface area contributed by atoms with Gasteiger partial charge in [0.05, 0.1) is 12.6 Å². The summed E-state index contributed by atoms with van der Waals surface area (Å²) in [6.07, 6.45) is -2.44. The van der Waals surface area contributed by atoms with Gasteiger partial charge in [0, 0.05) is 37.1 Å². The molecule has 1 rings (SSSR count). The average Bonchev–Trinajstić information content (AvgIpc) is 2.96. The number of ether oxygens (including phenoxy) is 1. The molecule has 0 fully saturated rings. The van der Waals surface area contributed by atoms with E-state index in [4.69, 9.17) is 33.7 Å². The first kappa shape index (κ1) is 43.7. The Balaban J connectivity index is 2.79. The van der Waals surface area contributed by atoms with E-state index < -0.39 is 75.2 Å². The number of nitrogens with two attached hydrogens (primary N) is 1. The Bertz CT molecular complexity index is 1310. The molecule has 1 aromatic carbocycles. The van der Waals surface area contributed by atoms with Crippen molar-refractivity contribution in [1.82, 2.24) is 15.5 Å². The molecule has 0 aliphatic rings. The zero-order valence-corrected chi connectivity index (χ0v) is 30.2. The molecule has 274 valence electrons. The van der Waals surface area contributed by atoms with Gasteiger partial charge in [0.15, 0.2) is 0 Å². The predicted octanol–water partition coefficient (Wildman–Crippen LogP) is 1.01. The fraction of sp³-hybridized carbons (Fsp3) is 0.630. The third-order valence-corrected chi connectivity index (χ3v) is 10.8. The van der Waals surface area contributed by atoms with E-state index >= 15 is 0 Å². The van der Waals surface area contributed by atoms with Gasteiger partial charge in [-0.25, -0.2) is 9.69 Å². The minimum Gasteiger partial charge on any atom is -0.443 e. The molecule has 1 atom stereocenters. The zero-order valence-electron chi connectivity index (χ0n) is 26.9. The number of nitrogens with zero attached hydrogens (tertiary/aromatic N) is 2. The van der Waals surface area contributed by atoms with Crippen LogP contribution < -0.4 is 21.3 Å². The first-order valence-corrected chi connectivity index (χ1v) is 19.0. The molecule has 9 N–H and O–H groups in total. The van der Waals surface area contributed by atoms with Crippen LogP contribution in [-0.2, 0) is 34.7 Å². The highest BCUT2D eigenvalue weighted by atomic mass is 35.5. The molecular formula is C27H45Cl2N5O12P2. The molecule has 0 aliphatic heterocycles. The highest BCUT2D eigenvalue weighted by molar-refractivity contribution is 7.72. The highest BCUT2D eigenvalue weighted by Crippen LogP contribution is 2.69. The standard InChI is InChI=1S/C27H45Cl2N5O12P2/c1-26(2,3)46-25(38)34(18-22(35)31-13-5-4-10-27(39,47(40,41)42)48(43,44)45)23(36)17-32-24(37)21(30)16-19-6-8-20(9-7-19)33(14-11-28)15-12-29/h6-9,21,39H,4-5,10-18,30H2,1-3H3,(H,31,35)(H,32,37)(H2,40,41,42)(H2,43,44,45)/t21-/m0/s1. The number of carbonyl (C=O) groups excluding carboxylic acids is 4. The number of carbonyl (C=O) groups is 4. The third kappa shape index (κ3) is 14.3. The van der Waals surface area contributed by atoms with Crippen molar-refractivity contribution in [3.8, 4) is 0 Å². The number of rotatable bonds is 19. The van der Waals surface area contributed by atoms with Crippen LogP contribution >= 0.6 is 38.4 Å². The third-order valence-electron chi connectivity index (χ3n) is 6.63. The average molecular weight is 765 g/mol. The number of halogens is 2. The van der Waals surface area contributed by atoms with E-state index in [1.54, 1.807) is 12.1 Å². The lowest BCUT2D eigenvalue weighted by atomic mass is 10.1. The fourth-order valence-electron chi connectivity index (χ4n) is 4.10. The summed E-state index contributed by atoms with van der Waals surface area (Å²) in [6.45, 7) is 4.05. The van der Waals surface area contributed by atoms with Crippen molar-refractivity contribution in [1.29, 1.82) is 0 Å². The Morgan fingerprint density at radius 3 is 1.96 bits per heavy atom. The van der Waals surface area contributed by atoms with E-state index in [1.165, 1.54) is 20.8 Å². The predicted molar refractivity (Wildman–Crippen MR) is 179 cm³/mol. The summed E-state index contributed by atoms with van der Waals surface area (Å²) in [7, 11) is -11.2. The van der Waals surface area contributed by atoms with Crippen molar-refractivity contribution in [2.45, 2.75) is 63.2 Å². The van der Waals surface area contributed by atoms with E-state index in [9.17, 15) is 53.0 Å². The monoisotopic (exact) mass is 763 g/mol. The molecule has 0 radical (unpaired) electrons. The molecule has 0 aliphatic carbocycles. The van der Waals surface area contributed by atoms with E-state index in [2.05, 4.69) is 10.6 Å². The second kappa shape index (κ2) is 19.2. The van der Waals surface area contributed by atoms with Crippen LogP contribution in [0, 0.1) is 0 Å². The van der Waals surface area contributed by atoms with E-state index in [0.29, 0.717) is 29.7 Å². The highest BCUT2D eigenvalue weighted by Gasteiger charge is 2.58. The van der Waals surface area contributed by atoms with Crippen molar-refractivity contribution in [3.63, 3.8) is 0 Å². The smallest absolute Gasteiger partial charge is 0.417 e. The quantitative estimate of drug-likeness (QED) is 0.0555. The fourth-order valence-corrected chi connectivity index (χ4v) is 6.76. The summed E-state index contributed by atoms with van der Waals surface area (Å²) in [5.74, 6) is -1.72. The van der Waals surface area contributed by atoms with Gasteiger partial charge in [-0.3, -0.25) is 23.5 Å². The van der Waals surface area contributed by atoms with Crippen LogP contribution in [0.1, 0.15) is 45.6 Å². The number of amides is 4. The second-order valence-corrected chi connectivity index (χ2v) is 16.5.